The summed E-state index contributed by atoms with van der Waals surface area (Å²) in [5, 5.41) is 4.29. The molecule has 4 nitrogen and oxygen atoms in total. The lowest BCUT2D eigenvalue weighted by Gasteiger charge is -2.18. The van der Waals surface area contributed by atoms with Gasteiger partial charge in [-0.15, -0.1) is 0 Å². The Labute approximate surface area is 191 Å². The Morgan fingerprint density at radius 1 is 0.839 bits per heavy atom. The fraction of sp³-hybridized carbons (Fsp3) is 0.120. The van der Waals surface area contributed by atoms with Crippen molar-refractivity contribution in [1.29, 1.82) is 0 Å². The summed E-state index contributed by atoms with van der Waals surface area (Å²) in [7, 11) is 0. The smallest absolute Gasteiger partial charge is 0.282 e. The highest BCUT2D eigenvalue weighted by Gasteiger charge is 2.41. The Morgan fingerprint density at radius 2 is 1.55 bits per heavy atom. The average Bonchev–Trinajstić information content (AvgIpc) is 2.96. The minimum atomic E-state index is -0.415. The highest BCUT2D eigenvalue weighted by atomic mass is 35.5. The molecule has 0 saturated carbocycles. The topological polar surface area (TPSA) is 49.4 Å². The number of carbonyl (C=O) groups excluding carboxylic acids is 2. The first-order valence-electron chi connectivity index (χ1n) is 9.76. The van der Waals surface area contributed by atoms with E-state index in [1.807, 2.05) is 39.0 Å². The van der Waals surface area contributed by atoms with E-state index in [-0.39, 0.29) is 11.6 Å². The van der Waals surface area contributed by atoms with Gasteiger partial charge in [0.25, 0.3) is 11.8 Å². The molecule has 3 aromatic rings. The number of imide groups is 1. The van der Waals surface area contributed by atoms with E-state index < -0.39 is 5.91 Å². The van der Waals surface area contributed by atoms with Gasteiger partial charge in [0.2, 0.25) is 0 Å². The summed E-state index contributed by atoms with van der Waals surface area (Å²) >= 11 is 12.3. The third-order valence-corrected chi connectivity index (χ3v) is 6.00. The molecule has 1 aliphatic rings. The number of carbonyl (C=O) groups is 2. The van der Waals surface area contributed by atoms with Gasteiger partial charge in [-0.3, -0.25) is 9.59 Å². The molecule has 0 spiro atoms. The van der Waals surface area contributed by atoms with Crippen molar-refractivity contribution in [3.63, 3.8) is 0 Å². The van der Waals surface area contributed by atoms with Crippen LogP contribution < -0.4 is 10.2 Å². The quantitative estimate of drug-likeness (QED) is 0.473. The number of nitrogens with zero attached hydrogens (tertiary/aromatic N) is 1. The first kappa shape index (κ1) is 21.2. The van der Waals surface area contributed by atoms with Gasteiger partial charge in [-0.25, -0.2) is 4.90 Å². The number of aryl methyl sites for hydroxylation is 2. The Morgan fingerprint density at radius 3 is 2.23 bits per heavy atom. The Balaban J connectivity index is 1.87. The second kappa shape index (κ2) is 8.22. The zero-order valence-electron chi connectivity index (χ0n) is 17.3. The summed E-state index contributed by atoms with van der Waals surface area (Å²) in [4.78, 5) is 28.3. The second-order valence-electron chi connectivity index (χ2n) is 7.53. The van der Waals surface area contributed by atoms with Crippen molar-refractivity contribution in [3.05, 3.63) is 98.7 Å². The maximum absolute atomic E-state index is 13.5. The van der Waals surface area contributed by atoms with Crippen LogP contribution in [0.3, 0.4) is 0 Å². The Bertz CT molecular complexity index is 1250. The predicted octanol–water partition coefficient (Wildman–Crippen LogP) is 6.32. The van der Waals surface area contributed by atoms with E-state index >= 15 is 0 Å². The van der Waals surface area contributed by atoms with Gasteiger partial charge in [-0.05, 0) is 67.8 Å². The normalized spacial score (nSPS) is 13.9. The van der Waals surface area contributed by atoms with Crippen molar-refractivity contribution in [2.45, 2.75) is 20.8 Å². The summed E-state index contributed by atoms with van der Waals surface area (Å²) in [5.41, 5.74) is 5.02. The van der Waals surface area contributed by atoms with E-state index in [1.165, 1.54) is 4.90 Å². The molecule has 1 aliphatic heterocycles. The lowest BCUT2D eigenvalue weighted by Crippen LogP contribution is -2.33. The van der Waals surface area contributed by atoms with E-state index in [4.69, 9.17) is 23.2 Å². The fourth-order valence-corrected chi connectivity index (χ4v) is 3.98. The third-order valence-electron chi connectivity index (χ3n) is 5.34. The molecule has 2 amide bonds. The summed E-state index contributed by atoms with van der Waals surface area (Å²) < 4.78 is 0. The van der Waals surface area contributed by atoms with Crippen LogP contribution in [0.1, 0.15) is 22.3 Å². The Kier molecular flexibility index (Phi) is 5.61. The van der Waals surface area contributed by atoms with Gasteiger partial charge < -0.3 is 5.32 Å². The van der Waals surface area contributed by atoms with Crippen LogP contribution in [0.15, 0.2) is 66.4 Å². The molecule has 4 rings (SSSR count). The van der Waals surface area contributed by atoms with Gasteiger partial charge in [0, 0.05) is 15.7 Å². The SMILES string of the molecule is Cc1ccc(N2C(=O)C(Nc3cccc(Cl)c3C)=C(c3ccc(Cl)cc3)C2=O)c(C)c1. The van der Waals surface area contributed by atoms with Gasteiger partial charge in [-0.1, -0.05) is 59.1 Å². The molecule has 156 valence electrons. The van der Waals surface area contributed by atoms with Gasteiger partial charge >= 0.3 is 0 Å². The van der Waals surface area contributed by atoms with Gasteiger partial charge in [0.05, 0.1) is 11.3 Å². The minimum absolute atomic E-state index is 0.206. The molecule has 0 bridgehead atoms. The molecule has 0 saturated heterocycles. The molecule has 0 unspecified atom stereocenters. The zero-order chi connectivity index (χ0) is 22.3. The highest BCUT2D eigenvalue weighted by molar-refractivity contribution is 6.46. The summed E-state index contributed by atoms with van der Waals surface area (Å²) in [6.45, 7) is 5.71. The number of anilines is 2. The van der Waals surface area contributed by atoms with Crippen LogP contribution in [0.5, 0.6) is 0 Å². The average molecular weight is 451 g/mol. The van der Waals surface area contributed by atoms with E-state index in [0.29, 0.717) is 32.6 Å². The monoisotopic (exact) mass is 450 g/mol. The maximum Gasteiger partial charge on any atom is 0.282 e. The van der Waals surface area contributed by atoms with Crippen molar-refractivity contribution in [1.82, 2.24) is 0 Å². The number of hydrogen-bond acceptors (Lipinski definition) is 3. The maximum atomic E-state index is 13.5. The highest BCUT2D eigenvalue weighted by Crippen LogP contribution is 2.36. The fourth-order valence-electron chi connectivity index (χ4n) is 3.68. The standard InChI is InChI=1S/C25H20Cl2N2O2/c1-14-7-12-21(15(2)13-14)29-24(30)22(17-8-10-18(26)11-9-17)23(25(29)31)28-20-6-4-5-19(27)16(20)3/h4-13,28H,1-3H3. The summed E-state index contributed by atoms with van der Waals surface area (Å²) in [6, 6.07) is 17.9. The van der Waals surface area contributed by atoms with E-state index in [1.54, 1.807) is 42.5 Å². The van der Waals surface area contributed by atoms with Crippen molar-refractivity contribution in [2.24, 2.45) is 0 Å². The van der Waals surface area contributed by atoms with Crippen LogP contribution in [-0.2, 0) is 9.59 Å². The van der Waals surface area contributed by atoms with E-state index in [0.717, 1.165) is 16.7 Å². The van der Waals surface area contributed by atoms with Gasteiger partial charge in [-0.2, -0.15) is 0 Å². The molecule has 3 aromatic carbocycles. The molecule has 6 heteroatoms. The molecule has 31 heavy (non-hydrogen) atoms. The van der Waals surface area contributed by atoms with Gasteiger partial charge in [0.1, 0.15) is 5.70 Å². The number of benzene rings is 3. The number of amides is 2. The van der Waals surface area contributed by atoms with Crippen molar-refractivity contribution < 1.29 is 9.59 Å². The van der Waals surface area contributed by atoms with Crippen LogP contribution in [0.4, 0.5) is 11.4 Å². The second-order valence-corrected chi connectivity index (χ2v) is 8.37. The first-order chi connectivity index (χ1) is 14.8. The van der Waals surface area contributed by atoms with Crippen molar-refractivity contribution >= 4 is 52.0 Å². The predicted molar refractivity (Wildman–Crippen MR) is 127 cm³/mol. The van der Waals surface area contributed by atoms with Crippen LogP contribution in [-0.4, -0.2) is 11.8 Å². The van der Waals surface area contributed by atoms with Gasteiger partial charge in [0.15, 0.2) is 0 Å². The number of nitrogens with one attached hydrogen (secondary N) is 1. The van der Waals surface area contributed by atoms with Crippen LogP contribution >= 0.6 is 23.2 Å². The molecule has 0 aliphatic carbocycles. The molecule has 1 N–H and O–H groups in total. The molecule has 0 fully saturated rings. The molecule has 0 radical (unpaired) electrons. The third kappa shape index (κ3) is 3.85. The van der Waals surface area contributed by atoms with Crippen LogP contribution in [0, 0.1) is 20.8 Å². The lowest BCUT2D eigenvalue weighted by molar-refractivity contribution is -0.120. The largest absolute Gasteiger partial charge is 0.350 e. The Hall–Kier alpha value is -3.08. The molecule has 0 aromatic heterocycles. The number of halogens is 2. The van der Waals surface area contributed by atoms with E-state index in [9.17, 15) is 9.59 Å². The molecule has 1 heterocycles. The summed E-state index contributed by atoms with van der Waals surface area (Å²) in [6.07, 6.45) is 0. The van der Waals surface area contributed by atoms with Crippen molar-refractivity contribution in [3.8, 4) is 0 Å². The van der Waals surface area contributed by atoms with E-state index in [2.05, 4.69) is 5.32 Å². The lowest BCUT2D eigenvalue weighted by atomic mass is 10.0. The number of rotatable bonds is 4. The molecular weight excluding hydrogens is 431 g/mol. The minimum Gasteiger partial charge on any atom is -0.350 e. The zero-order valence-corrected chi connectivity index (χ0v) is 18.8. The number of hydrogen-bond donors (Lipinski definition) is 1. The van der Waals surface area contributed by atoms with Crippen molar-refractivity contribution in [2.75, 3.05) is 10.2 Å². The molecular formula is C25H20Cl2N2O2. The first-order valence-corrected chi connectivity index (χ1v) is 10.5. The van der Waals surface area contributed by atoms with Crippen LogP contribution in [0.25, 0.3) is 5.57 Å². The summed E-state index contributed by atoms with van der Waals surface area (Å²) in [5.74, 6) is -0.803. The molecule has 0 atom stereocenters. The van der Waals surface area contributed by atoms with Crippen LogP contribution in [0.2, 0.25) is 10.0 Å².